The number of hydrogen-bond acceptors (Lipinski definition) is 5. The third-order valence-corrected chi connectivity index (χ3v) is 4.19. The van der Waals surface area contributed by atoms with Crippen LogP contribution < -0.4 is 0 Å². The summed E-state index contributed by atoms with van der Waals surface area (Å²) in [6.07, 6.45) is 0. The molecule has 2 rings (SSSR count). The second kappa shape index (κ2) is 5.58. The molecule has 0 bridgehead atoms. The zero-order valence-corrected chi connectivity index (χ0v) is 10.8. The van der Waals surface area contributed by atoms with Crippen LogP contribution in [0.2, 0.25) is 0 Å². The highest BCUT2D eigenvalue weighted by atomic mass is 32.2. The topological polar surface area (TPSA) is 38.1 Å². The van der Waals surface area contributed by atoms with Gasteiger partial charge in [-0.15, -0.1) is 5.10 Å². The summed E-state index contributed by atoms with van der Waals surface area (Å²) in [5.41, 5.74) is 0.972. The fourth-order valence-electron chi connectivity index (χ4n) is 1.18. The van der Waals surface area contributed by atoms with E-state index in [-0.39, 0.29) is 6.61 Å². The van der Waals surface area contributed by atoms with Gasteiger partial charge in [0.15, 0.2) is 8.29 Å². The van der Waals surface area contributed by atoms with E-state index >= 15 is 0 Å². The molecule has 0 atom stereocenters. The van der Waals surface area contributed by atoms with Crippen molar-refractivity contribution in [1.29, 1.82) is 0 Å². The SMILES string of the molecule is OCCSc1nn(-c2ccccc2)c(=S)s1. The van der Waals surface area contributed by atoms with Crippen molar-refractivity contribution in [2.24, 2.45) is 0 Å². The Bertz CT molecular complexity index is 506. The van der Waals surface area contributed by atoms with E-state index in [1.165, 1.54) is 23.1 Å². The van der Waals surface area contributed by atoms with Gasteiger partial charge < -0.3 is 5.11 Å². The lowest BCUT2D eigenvalue weighted by molar-refractivity contribution is 0.322. The summed E-state index contributed by atoms with van der Waals surface area (Å²) in [6, 6.07) is 9.81. The molecule has 1 aromatic carbocycles. The van der Waals surface area contributed by atoms with Crippen molar-refractivity contribution < 1.29 is 5.11 Å². The molecule has 0 amide bonds. The molecule has 0 fully saturated rings. The van der Waals surface area contributed by atoms with Crippen LogP contribution in [0.5, 0.6) is 0 Å². The van der Waals surface area contributed by atoms with Crippen molar-refractivity contribution in [2.45, 2.75) is 4.34 Å². The van der Waals surface area contributed by atoms with Crippen LogP contribution in [-0.4, -0.2) is 27.2 Å². The third-order valence-electron chi connectivity index (χ3n) is 1.85. The number of thioether (sulfide) groups is 1. The molecule has 0 aliphatic rings. The number of para-hydroxylation sites is 1. The van der Waals surface area contributed by atoms with Crippen molar-refractivity contribution >= 4 is 35.3 Å². The van der Waals surface area contributed by atoms with Crippen molar-refractivity contribution in [3.8, 4) is 5.69 Å². The number of aromatic nitrogens is 2. The Morgan fingerprint density at radius 2 is 2.12 bits per heavy atom. The van der Waals surface area contributed by atoms with Gasteiger partial charge in [-0.3, -0.25) is 0 Å². The monoisotopic (exact) mass is 270 g/mol. The largest absolute Gasteiger partial charge is 0.396 e. The van der Waals surface area contributed by atoms with Crippen molar-refractivity contribution in [2.75, 3.05) is 12.4 Å². The first-order valence-corrected chi connectivity index (χ1v) is 6.91. The van der Waals surface area contributed by atoms with Gasteiger partial charge in [-0.2, -0.15) is 0 Å². The van der Waals surface area contributed by atoms with Gasteiger partial charge in [-0.05, 0) is 24.4 Å². The predicted octanol–water partition coefficient (Wildman–Crippen LogP) is 2.75. The number of nitrogens with zero attached hydrogens (tertiary/aromatic N) is 2. The number of benzene rings is 1. The lowest BCUT2D eigenvalue weighted by Gasteiger charge is -1.98. The van der Waals surface area contributed by atoms with Crippen LogP contribution in [0, 0.1) is 3.95 Å². The quantitative estimate of drug-likeness (QED) is 0.685. The molecular formula is C10H10N2OS3. The Kier molecular flexibility index (Phi) is 4.11. The Morgan fingerprint density at radius 3 is 2.81 bits per heavy atom. The van der Waals surface area contributed by atoms with E-state index < -0.39 is 0 Å². The number of aliphatic hydroxyl groups is 1. The number of rotatable bonds is 4. The summed E-state index contributed by atoms with van der Waals surface area (Å²) < 4.78 is 3.37. The van der Waals surface area contributed by atoms with Crippen LogP contribution in [0.4, 0.5) is 0 Å². The molecule has 0 saturated carbocycles. The van der Waals surface area contributed by atoms with Gasteiger partial charge in [0.2, 0.25) is 0 Å². The van der Waals surface area contributed by atoms with Crippen LogP contribution in [-0.2, 0) is 0 Å². The summed E-state index contributed by atoms with van der Waals surface area (Å²) in [7, 11) is 0. The van der Waals surface area contributed by atoms with E-state index in [0.717, 1.165) is 14.0 Å². The molecule has 84 valence electrons. The van der Waals surface area contributed by atoms with E-state index in [9.17, 15) is 0 Å². The molecule has 16 heavy (non-hydrogen) atoms. The van der Waals surface area contributed by atoms with Crippen LogP contribution in [0.3, 0.4) is 0 Å². The first kappa shape index (κ1) is 11.8. The Balaban J connectivity index is 2.29. The minimum absolute atomic E-state index is 0.155. The summed E-state index contributed by atoms with van der Waals surface area (Å²) in [5, 5.41) is 13.1. The van der Waals surface area contributed by atoms with Gasteiger partial charge in [0.05, 0.1) is 12.3 Å². The normalized spacial score (nSPS) is 10.6. The third kappa shape index (κ3) is 2.70. The molecule has 0 unspecified atom stereocenters. The average molecular weight is 270 g/mol. The van der Waals surface area contributed by atoms with Gasteiger partial charge in [-0.25, -0.2) is 4.68 Å². The highest BCUT2D eigenvalue weighted by molar-refractivity contribution is 8.01. The molecule has 1 heterocycles. The maximum absolute atomic E-state index is 8.74. The summed E-state index contributed by atoms with van der Waals surface area (Å²) in [5.74, 6) is 0.650. The first-order chi connectivity index (χ1) is 7.81. The Morgan fingerprint density at radius 1 is 1.38 bits per heavy atom. The maximum Gasteiger partial charge on any atom is 0.184 e. The molecule has 0 spiro atoms. The molecule has 0 aliphatic heterocycles. The lowest BCUT2D eigenvalue weighted by atomic mass is 10.3. The van der Waals surface area contributed by atoms with E-state index in [2.05, 4.69) is 5.10 Å². The summed E-state index contributed by atoms with van der Waals surface area (Å²) in [4.78, 5) is 0. The number of hydrogen-bond donors (Lipinski definition) is 1. The zero-order valence-electron chi connectivity index (χ0n) is 8.37. The highest BCUT2D eigenvalue weighted by Gasteiger charge is 2.05. The van der Waals surface area contributed by atoms with Gasteiger partial charge in [0, 0.05) is 5.75 Å². The Hall–Kier alpha value is -0.690. The fraction of sp³-hybridized carbons (Fsp3) is 0.200. The minimum Gasteiger partial charge on any atom is -0.396 e. The van der Waals surface area contributed by atoms with Crippen molar-refractivity contribution in [3.05, 3.63) is 34.3 Å². The smallest absolute Gasteiger partial charge is 0.184 e. The fourth-order valence-corrected chi connectivity index (χ4v) is 3.36. The van der Waals surface area contributed by atoms with Crippen LogP contribution >= 0.6 is 35.3 Å². The maximum atomic E-state index is 8.74. The molecule has 0 saturated heterocycles. The molecular weight excluding hydrogens is 260 g/mol. The van der Waals surface area contributed by atoms with Gasteiger partial charge in [0.1, 0.15) is 0 Å². The first-order valence-electron chi connectivity index (χ1n) is 4.70. The summed E-state index contributed by atoms with van der Waals surface area (Å²) in [6.45, 7) is 0.155. The van der Waals surface area contributed by atoms with E-state index in [1.54, 1.807) is 4.68 Å². The van der Waals surface area contributed by atoms with E-state index in [4.69, 9.17) is 17.3 Å². The second-order valence-electron chi connectivity index (χ2n) is 2.95. The van der Waals surface area contributed by atoms with Gasteiger partial charge in [0.25, 0.3) is 0 Å². The minimum atomic E-state index is 0.155. The predicted molar refractivity (Wildman–Crippen MR) is 70.1 cm³/mol. The van der Waals surface area contributed by atoms with Crippen LogP contribution in [0.1, 0.15) is 0 Å². The van der Waals surface area contributed by atoms with Crippen molar-refractivity contribution in [3.63, 3.8) is 0 Å². The molecule has 0 aliphatic carbocycles. The Labute approximate surface area is 107 Å². The zero-order chi connectivity index (χ0) is 11.4. The van der Waals surface area contributed by atoms with Gasteiger partial charge >= 0.3 is 0 Å². The van der Waals surface area contributed by atoms with Crippen LogP contribution in [0.25, 0.3) is 5.69 Å². The van der Waals surface area contributed by atoms with E-state index in [1.807, 2.05) is 30.3 Å². The number of aliphatic hydroxyl groups excluding tert-OH is 1. The molecule has 2 aromatic rings. The van der Waals surface area contributed by atoms with Gasteiger partial charge in [-0.1, -0.05) is 41.3 Å². The van der Waals surface area contributed by atoms with Crippen molar-refractivity contribution in [1.82, 2.24) is 9.78 Å². The van der Waals surface area contributed by atoms with E-state index in [0.29, 0.717) is 5.75 Å². The average Bonchev–Trinajstić information content (AvgIpc) is 2.69. The standard InChI is InChI=1S/C10H10N2OS3/c13-6-7-15-9-11-12(10(14)16-9)8-4-2-1-3-5-8/h1-5,13H,6-7H2. The molecule has 1 N–H and O–H groups in total. The highest BCUT2D eigenvalue weighted by Crippen LogP contribution is 2.23. The molecule has 6 heteroatoms. The molecule has 1 aromatic heterocycles. The summed E-state index contributed by atoms with van der Waals surface area (Å²) >= 11 is 8.24. The molecule has 0 radical (unpaired) electrons. The molecule has 3 nitrogen and oxygen atoms in total. The van der Waals surface area contributed by atoms with Crippen LogP contribution in [0.15, 0.2) is 34.7 Å². The second-order valence-corrected chi connectivity index (χ2v) is 5.92. The lowest BCUT2D eigenvalue weighted by Crippen LogP contribution is -1.95.